The first-order valence-corrected chi connectivity index (χ1v) is 7.75. The van der Waals surface area contributed by atoms with E-state index in [4.69, 9.17) is 11.6 Å². The molecular weight excluding hydrogens is 270 g/mol. The molecule has 1 aliphatic heterocycles. The van der Waals surface area contributed by atoms with E-state index in [1.165, 1.54) is 16.5 Å². The predicted molar refractivity (Wildman–Crippen MR) is 85.5 cm³/mol. The van der Waals surface area contributed by atoms with Crippen molar-refractivity contribution in [2.24, 2.45) is 0 Å². The lowest BCUT2D eigenvalue weighted by molar-refractivity contribution is 0.234. The molecule has 4 heteroatoms. The van der Waals surface area contributed by atoms with Crippen molar-refractivity contribution in [2.45, 2.75) is 26.4 Å². The summed E-state index contributed by atoms with van der Waals surface area (Å²) >= 11 is 6.42. The van der Waals surface area contributed by atoms with E-state index in [9.17, 15) is 0 Å². The number of benzene rings is 1. The van der Waals surface area contributed by atoms with Gasteiger partial charge in [0, 0.05) is 50.3 Å². The minimum absolute atomic E-state index is 0.425. The van der Waals surface area contributed by atoms with Crippen LogP contribution in [-0.4, -0.2) is 35.6 Å². The van der Waals surface area contributed by atoms with Gasteiger partial charge < -0.3 is 9.88 Å². The summed E-state index contributed by atoms with van der Waals surface area (Å²) in [6.45, 7) is 9.84. The molecular formula is C16H22ClN3. The van der Waals surface area contributed by atoms with Crippen LogP contribution in [0, 0.1) is 0 Å². The third-order valence-corrected chi connectivity index (χ3v) is 4.35. The van der Waals surface area contributed by atoms with Gasteiger partial charge in [0.1, 0.15) is 0 Å². The fraction of sp³-hybridized carbons (Fsp3) is 0.500. The third kappa shape index (κ3) is 2.58. The summed E-state index contributed by atoms with van der Waals surface area (Å²) < 4.78 is 2.30. The number of halogens is 1. The summed E-state index contributed by atoms with van der Waals surface area (Å²) in [6.07, 6.45) is 2.28. The van der Waals surface area contributed by atoms with E-state index in [0.717, 1.165) is 37.7 Å². The zero-order chi connectivity index (χ0) is 14.1. The topological polar surface area (TPSA) is 20.2 Å². The molecule has 3 nitrogen and oxygen atoms in total. The molecule has 3 rings (SSSR count). The number of rotatable bonds is 3. The maximum Gasteiger partial charge on any atom is 0.0675 e. The van der Waals surface area contributed by atoms with E-state index in [1.807, 2.05) is 6.07 Å². The van der Waals surface area contributed by atoms with Gasteiger partial charge in [0.05, 0.1) is 10.5 Å². The number of hydrogen-bond donors (Lipinski definition) is 1. The number of fused-ring (bicyclic) bond motifs is 1. The fourth-order valence-corrected chi connectivity index (χ4v) is 3.25. The highest BCUT2D eigenvalue weighted by atomic mass is 35.5. The smallest absolute Gasteiger partial charge is 0.0675 e. The molecule has 0 spiro atoms. The quantitative estimate of drug-likeness (QED) is 0.936. The molecule has 1 saturated heterocycles. The molecule has 108 valence electrons. The molecule has 0 bridgehead atoms. The van der Waals surface area contributed by atoms with Gasteiger partial charge >= 0.3 is 0 Å². The van der Waals surface area contributed by atoms with Gasteiger partial charge in [-0.2, -0.15) is 0 Å². The van der Waals surface area contributed by atoms with Crippen molar-refractivity contribution in [3.05, 3.63) is 35.0 Å². The molecule has 2 aromatic rings. The standard InChI is InChI=1S/C16H22ClN3/c1-12(2)20-11-13(10-19-8-6-18-7-9-19)14-4-3-5-15(17)16(14)20/h3-5,11-12,18H,6-10H2,1-2H3. The Labute approximate surface area is 125 Å². The van der Waals surface area contributed by atoms with Crippen molar-refractivity contribution in [1.82, 2.24) is 14.8 Å². The Morgan fingerprint density at radius 2 is 2.00 bits per heavy atom. The monoisotopic (exact) mass is 291 g/mol. The first-order valence-electron chi connectivity index (χ1n) is 7.38. The first kappa shape index (κ1) is 13.9. The maximum atomic E-state index is 6.42. The molecule has 20 heavy (non-hydrogen) atoms. The van der Waals surface area contributed by atoms with Crippen LogP contribution in [0.2, 0.25) is 5.02 Å². The number of para-hydroxylation sites is 1. The molecule has 1 fully saturated rings. The fourth-order valence-electron chi connectivity index (χ4n) is 2.98. The summed E-state index contributed by atoms with van der Waals surface area (Å²) in [6, 6.07) is 6.65. The van der Waals surface area contributed by atoms with E-state index < -0.39 is 0 Å². The van der Waals surface area contributed by atoms with Gasteiger partial charge in [-0.25, -0.2) is 0 Å². The highest BCUT2D eigenvalue weighted by Gasteiger charge is 2.16. The van der Waals surface area contributed by atoms with E-state index in [-0.39, 0.29) is 0 Å². The Bertz CT molecular complexity index is 597. The molecule has 1 N–H and O–H groups in total. The molecule has 1 aromatic heterocycles. The van der Waals surface area contributed by atoms with Gasteiger partial charge in [0.2, 0.25) is 0 Å². The Balaban J connectivity index is 2.00. The number of nitrogens with zero attached hydrogens (tertiary/aromatic N) is 2. The van der Waals surface area contributed by atoms with E-state index in [1.54, 1.807) is 0 Å². The van der Waals surface area contributed by atoms with Gasteiger partial charge in [-0.05, 0) is 25.5 Å². The van der Waals surface area contributed by atoms with Crippen LogP contribution in [0.1, 0.15) is 25.5 Å². The zero-order valence-electron chi connectivity index (χ0n) is 12.2. The second kappa shape index (κ2) is 5.76. The average Bonchev–Trinajstić information content (AvgIpc) is 2.81. The molecule has 0 amide bonds. The normalized spacial score (nSPS) is 17.2. The van der Waals surface area contributed by atoms with Crippen molar-refractivity contribution in [2.75, 3.05) is 26.2 Å². The lowest BCUT2D eigenvalue weighted by Crippen LogP contribution is -2.42. The third-order valence-electron chi connectivity index (χ3n) is 4.05. The van der Waals surface area contributed by atoms with Gasteiger partial charge in [0.25, 0.3) is 0 Å². The molecule has 0 saturated carbocycles. The Morgan fingerprint density at radius 1 is 1.25 bits per heavy atom. The number of aromatic nitrogens is 1. The van der Waals surface area contributed by atoms with Crippen molar-refractivity contribution in [3.63, 3.8) is 0 Å². The highest BCUT2D eigenvalue weighted by molar-refractivity contribution is 6.35. The van der Waals surface area contributed by atoms with Gasteiger partial charge in [-0.3, -0.25) is 4.90 Å². The van der Waals surface area contributed by atoms with Crippen LogP contribution in [0.5, 0.6) is 0 Å². The Kier molecular flexibility index (Phi) is 4.01. The molecule has 1 aromatic carbocycles. The SMILES string of the molecule is CC(C)n1cc(CN2CCNCC2)c2cccc(Cl)c21. The number of nitrogens with one attached hydrogen (secondary N) is 1. The van der Waals surface area contributed by atoms with Crippen molar-refractivity contribution < 1.29 is 0 Å². The molecule has 0 radical (unpaired) electrons. The molecule has 0 aliphatic carbocycles. The van der Waals surface area contributed by atoms with Crippen molar-refractivity contribution in [3.8, 4) is 0 Å². The Morgan fingerprint density at radius 3 is 2.70 bits per heavy atom. The summed E-state index contributed by atoms with van der Waals surface area (Å²) in [7, 11) is 0. The second-order valence-electron chi connectivity index (χ2n) is 5.82. The molecule has 0 unspecified atom stereocenters. The molecule has 2 heterocycles. The maximum absolute atomic E-state index is 6.42. The van der Waals surface area contributed by atoms with E-state index in [0.29, 0.717) is 6.04 Å². The zero-order valence-corrected chi connectivity index (χ0v) is 13.0. The lowest BCUT2D eigenvalue weighted by Gasteiger charge is -2.26. The lowest BCUT2D eigenvalue weighted by atomic mass is 10.1. The number of hydrogen-bond acceptors (Lipinski definition) is 2. The minimum atomic E-state index is 0.425. The average molecular weight is 292 g/mol. The minimum Gasteiger partial charge on any atom is -0.343 e. The summed E-state index contributed by atoms with van der Waals surface area (Å²) in [5, 5.41) is 5.55. The van der Waals surface area contributed by atoms with Crippen LogP contribution >= 0.6 is 11.6 Å². The highest BCUT2D eigenvalue weighted by Crippen LogP contribution is 2.31. The Hall–Kier alpha value is -1.03. The molecule has 0 atom stereocenters. The van der Waals surface area contributed by atoms with Crippen LogP contribution in [0.3, 0.4) is 0 Å². The van der Waals surface area contributed by atoms with Gasteiger partial charge in [0.15, 0.2) is 0 Å². The van der Waals surface area contributed by atoms with Crippen LogP contribution in [0.15, 0.2) is 24.4 Å². The van der Waals surface area contributed by atoms with Crippen molar-refractivity contribution in [1.29, 1.82) is 0 Å². The summed E-state index contributed by atoms with van der Waals surface area (Å²) in [5.41, 5.74) is 2.56. The summed E-state index contributed by atoms with van der Waals surface area (Å²) in [5.74, 6) is 0. The van der Waals surface area contributed by atoms with Crippen LogP contribution in [-0.2, 0) is 6.54 Å². The van der Waals surface area contributed by atoms with Crippen molar-refractivity contribution >= 4 is 22.5 Å². The van der Waals surface area contributed by atoms with E-state index >= 15 is 0 Å². The first-order chi connectivity index (χ1) is 9.66. The largest absolute Gasteiger partial charge is 0.343 e. The van der Waals surface area contributed by atoms with Gasteiger partial charge in [-0.15, -0.1) is 0 Å². The van der Waals surface area contributed by atoms with E-state index in [2.05, 4.69) is 47.0 Å². The number of piperazine rings is 1. The second-order valence-corrected chi connectivity index (χ2v) is 6.22. The predicted octanol–water partition coefficient (Wildman–Crippen LogP) is 3.28. The molecule has 1 aliphatic rings. The van der Waals surface area contributed by atoms with Crippen LogP contribution in [0.4, 0.5) is 0 Å². The van der Waals surface area contributed by atoms with Crippen LogP contribution < -0.4 is 5.32 Å². The van der Waals surface area contributed by atoms with Gasteiger partial charge in [-0.1, -0.05) is 23.7 Å². The summed E-state index contributed by atoms with van der Waals surface area (Å²) in [4.78, 5) is 2.51. The van der Waals surface area contributed by atoms with Crippen LogP contribution in [0.25, 0.3) is 10.9 Å².